The molecule has 0 bridgehead atoms. The summed E-state index contributed by atoms with van der Waals surface area (Å²) in [7, 11) is -6.67. The number of rotatable bonds is 7. The van der Waals surface area contributed by atoms with Crippen LogP contribution >= 0.6 is 0 Å². The molecule has 0 aliphatic carbocycles. The summed E-state index contributed by atoms with van der Waals surface area (Å²) in [5, 5.41) is 0. The summed E-state index contributed by atoms with van der Waals surface area (Å²) >= 11 is 0. The van der Waals surface area contributed by atoms with Gasteiger partial charge < -0.3 is 4.74 Å². The van der Waals surface area contributed by atoms with Crippen molar-refractivity contribution in [3.8, 4) is 0 Å². The summed E-state index contributed by atoms with van der Waals surface area (Å²) in [4.78, 5) is 12.3. The highest BCUT2D eigenvalue weighted by atomic mass is 32.2. The molecule has 28 heavy (non-hydrogen) atoms. The monoisotopic (exact) mass is 423 g/mol. The van der Waals surface area contributed by atoms with Crippen molar-refractivity contribution in [1.82, 2.24) is 0 Å². The van der Waals surface area contributed by atoms with Crippen molar-refractivity contribution < 1.29 is 26.4 Å². The quantitative estimate of drug-likeness (QED) is 0.500. The van der Waals surface area contributed by atoms with E-state index >= 15 is 0 Å². The molecule has 1 saturated heterocycles. The lowest BCUT2D eigenvalue weighted by molar-refractivity contribution is 0.0505. The maximum absolute atomic E-state index is 12.2. The number of nitrogens with zero attached hydrogens (tertiary/aromatic N) is 1. The van der Waals surface area contributed by atoms with Crippen LogP contribution in [0, 0.1) is 0 Å². The van der Waals surface area contributed by atoms with Gasteiger partial charge >= 0.3 is 5.97 Å². The first-order chi connectivity index (χ1) is 13.3. The molecule has 0 spiro atoms. The van der Waals surface area contributed by atoms with Gasteiger partial charge in [-0.05, 0) is 49.2 Å². The van der Waals surface area contributed by atoms with Gasteiger partial charge in [0.2, 0.25) is 10.0 Å². The minimum absolute atomic E-state index is 0.0207. The largest absolute Gasteiger partial charge is 0.462 e. The summed E-state index contributed by atoms with van der Waals surface area (Å²) < 4.78 is 54.6. The van der Waals surface area contributed by atoms with Crippen molar-refractivity contribution in [2.45, 2.75) is 17.7 Å². The minimum atomic E-state index is -3.40. The van der Waals surface area contributed by atoms with Gasteiger partial charge in [0.25, 0.3) is 0 Å². The van der Waals surface area contributed by atoms with Crippen LogP contribution in [0.4, 0.5) is 5.69 Å². The van der Waals surface area contributed by atoms with Crippen LogP contribution in [0.25, 0.3) is 0 Å². The Morgan fingerprint density at radius 3 is 2.32 bits per heavy atom. The third-order valence-electron chi connectivity index (χ3n) is 4.38. The number of hydrogen-bond acceptors (Lipinski definition) is 6. The van der Waals surface area contributed by atoms with Gasteiger partial charge in [0.15, 0.2) is 9.84 Å². The van der Waals surface area contributed by atoms with E-state index in [0.717, 1.165) is 0 Å². The number of hydrogen-bond donors (Lipinski definition) is 0. The first kappa shape index (κ1) is 20.3. The van der Waals surface area contributed by atoms with Crippen LogP contribution in [0.3, 0.4) is 0 Å². The van der Waals surface area contributed by atoms with Gasteiger partial charge in [-0.2, -0.15) is 0 Å². The maximum atomic E-state index is 12.2. The van der Waals surface area contributed by atoms with Crippen LogP contribution in [-0.2, 0) is 24.6 Å². The molecular formula is C19H21NO6S2. The number of esters is 1. The lowest BCUT2D eigenvalue weighted by Crippen LogP contribution is -2.25. The average molecular weight is 424 g/mol. The van der Waals surface area contributed by atoms with Crippen LogP contribution in [0.15, 0.2) is 59.5 Å². The Bertz CT molecular complexity index is 1030. The van der Waals surface area contributed by atoms with Gasteiger partial charge in [-0.3, -0.25) is 4.31 Å². The van der Waals surface area contributed by atoms with Crippen LogP contribution in [0.2, 0.25) is 0 Å². The molecule has 1 fully saturated rings. The zero-order chi connectivity index (χ0) is 20.2. The predicted octanol–water partition coefficient (Wildman–Crippen LogP) is 2.25. The molecule has 0 atom stereocenters. The lowest BCUT2D eigenvalue weighted by atomic mass is 10.2. The van der Waals surface area contributed by atoms with Gasteiger partial charge in [-0.1, -0.05) is 18.2 Å². The van der Waals surface area contributed by atoms with Crippen LogP contribution in [0.1, 0.15) is 23.2 Å². The SMILES string of the molecule is O=C(OCCCS(=O)(=O)c1ccccc1)c1ccc(N2CCCS2(=O)=O)cc1. The fourth-order valence-corrected chi connectivity index (χ4v) is 5.81. The molecule has 0 unspecified atom stereocenters. The van der Waals surface area contributed by atoms with E-state index in [0.29, 0.717) is 18.7 Å². The van der Waals surface area contributed by atoms with Crippen molar-refractivity contribution >= 4 is 31.5 Å². The van der Waals surface area contributed by atoms with Crippen molar-refractivity contribution in [2.24, 2.45) is 0 Å². The van der Waals surface area contributed by atoms with Crippen LogP contribution in [-0.4, -0.2) is 47.5 Å². The van der Waals surface area contributed by atoms with Crippen LogP contribution in [0.5, 0.6) is 0 Å². The molecule has 0 saturated carbocycles. The maximum Gasteiger partial charge on any atom is 0.338 e. The molecule has 7 nitrogen and oxygen atoms in total. The Morgan fingerprint density at radius 1 is 1.04 bits per heavy atom. The van der Waals surface area contributed by atoms with E-state index in [4.69, 9.17) is 4.74 Å². The van der Waals surface area contributed by atoms with Crippen molar-refractivity contribution in [3.63, 3.8) is 0 Å². The summed E-state index contributed by atoms with van der Waals surface area (Å²) in [5.74, 6) is -0.563. The molecule has 150 valence electrons. The van der Waals surface area contributed by atoms with E-state index in [9.17, 15) is 21.6 Å². The number of sulfone groups is 1. The fraction of sp³-hybridized carbons (Fsp3) is 0.316. The van der Waals surface area contributed by atoms with Gasteiger partial charge in [0, 0.05) is 6.54 Å². The molecule has 3 rings (SSSR count). The third kappa shape index (κ3) is 4.71. The normalized spacial score (nSPS) is 16.1. The zero-order valence-corrected chi connectivity index (χ0v) is 16.8. The second-order valence-corrected chi connectivity index (χ2v) is 10.5. The van der Waals surface area contributed by atoms with E-state index < -0.39 is 25.8 Å². The summed E-state index contributed by atoms with van der Waals surface area (Å²) in [5.41, 5.74) is 0.800. The average Bonchev–Trinajstić information content (AvgIpc) is 3.05. The molecule has 1 aliphatic heterocycles. The van der Waals surface area contributed by atoms with Crippen LogP contribution < -0.4 is 4.31 Å². The van der Waals surface area contributed by atoms with Gasteiger partial charge in [-0.15, -0.1) is 0 Å². The lowest BCUT2D eigenvalue weighted by Gasteiger charge is -2.16. The number of ether oxygens (including phenoxy) is 1. The Hall–Kier alpha value is -2.39. The van der Waals surface area contributed by atoms with E-state index in [2.05, 4.69) is 0 Å². The Kier molecular flexibility index (Phi) is 6.04. The molecule has 1 heterocycles. The van der Waals surface area contributed by atoms with E-state index in [1.807, 2.05) is 0 Å². The number of anilines is 1. The number of carbonyl (C=O) groups is 1. The zero-order valence-electron chi connectivity index (χ0n) is 15.2. The Balaban J connectivity index is 1.51. The van der Waals surface area contributed by atoms with Gasteiger partial charge in [0.05, 0.1) is 34.3 Å². The molecule has 0 radical (unpaired) electrons. The molecular weight excluding hydrogens is 402 g/mol. The highest BCUT2D eigenvalue weighted by Gasteiger charge is 2.28. The fourth-order valence-electron chi connectivity index (χ4n) is 2.94. The second-order valence-electron chi connectivity index (χ2n) is 6.41. The molecule has 0 aromatic heterocycles. The summed E-state index contributed by atoms with van der Waals surface area (Å²) in [6, 6.07) is 14.3. The first-order valence-corrected chi connectivity index (χ1v) is 12.1. The number of carbonyl (C=O) groups excluding carboxylic acids is 1. The smallest absolute Gasteiger partial charge is 0.338 e. The molecule has 2 aromatic rings. The third-order valence-corrected chi connectivity index (χ3v) is 8.07. The predicted molar refractivity (Wildman–Crippen MR) is 106 cm³/mol. The Labute approximate surface area is 164 Å². The minimum Gasteiger partial charge on any atom is -0.462 e. The van der Waals surface area contributed by atoms with E-state index in [-0.39, 0.29) is 35.0 Å². The number of sulfonamides is 1. The Morgan fingerprint density at radius 2 is 1.71 bits per heavy atom. The summed E-state index contributed by atoms with van der Waals surface area (Å²) in [6.45, 7) is 0.412. The first-order valence-electron chi connectivity index (χ1n) is 8.85. The van der Waals surface area contributed by atoms with Crippen molar-refractivity contribution in [3.05, 3.63) is 60.2 Å². The van der Waals surface area contributed by atoms with Crippen molar-refractivity contribution in [2.75, 3.05) is 29.0 Å². The molecule has 0 amide bonds. The standard InChI is InChI=1S/C19H21NO6S2/c21-19(26-13-5-14-27(22,23)18-6-2-1-3-7-18)16-8-10-17(11-9-16)20-12-4-15-28(20,24)25/h1-3,6-11H,4-5,12-15H2. The molecule has 2 aromatic carbocycles. The highest BCUT2D eigenvalue weighted by molar-refractivity contribution is 7.93. The second kappa shape index (κ2) is 8.32. The van der Waals surface area contributed by atoms with Gasteiger partial charge in [0.1, 0.15) is 0 Å². The topological polar surface area (TPSA) is 97.8 Å². The van der Waals surface area contributed by atoms with Crippen molar-refractivity contribution in [1.29, 1.82) is 0 Å². The number of benzene rings is 2. The van der Waals surface area contributed by atoms with E-state index in [1.54, 1.807) is 30.3 Å². The van der Waals surface area contributed by atoms with Gasteiger partial charge in [-0.25, -0.2) is 21.6 Å². The molecule has 1 aliphatic rings. The molecule has 9 heteroatoms. The molecule has 0 N–H and O–H groups in total. The summed E-state index contributed by atoms with van der Waals surface area (Å²) in [6.07, 6.45) is 0.769. The highest BCUT2D eigenvalue weighted by Crippen LogP contribution is 2.24. The van der Waals surface area contributed by atoms with E-state index in [1.165, 1.54) is 28.6 Å².